The second-order valence-corrected chi connectivity index (χ2v) is 8.76. The Hall–Kier alpha value is -2.84. The third-order valence-electron chi connectivity index (χ3n) is 6.19. The Morgan fingerprint density at radius 2 is 1.97 bits per heavy atom. The third-order valence-corrected chi connectivity index (χ3v) is 6.19. The summed E-state index contributed by atoms with van der Waals surface area (Å²) in [6.45, 7) is 5.30. The predicted molar refractivity (Wildman–Crippen MR) is 123 cm³/mol. The number of benzene rings is 1. The minimum atomic E-state index is -0.872. The van der Waals surface area contributed by atoms with Crippen LogP contribution < -0.4 is 11.0 Å². The summed E-state index contributed by atoms with van der Waals surface area (Å²) in [5.74, 6) is -1.48. The number of nitrogens with two attached hydrogens (primary N) is 1. The van der Waals surface area contributed by atoms with Crippen LogP contribution in [0.4, 0.5) is 0 Å². The zero-order valence-electron chi connectivity index (χ0n) is 19.8. The SMILES string of the molecule is CC[C@H](C)[C@H](NB(C)O)C(=O)OC[C@H]1O[C@@H](n2cnc(C(N)=O)n2)[C@@H]2OC(c3ccccc3)OC21. The highest BCUT2D eigenvalue weighted by atomic mass is 16.8. The number of esters is 1. The van der Waals surface area contributed by atoms with E-state index in [0.29, 0.717) is 0 Å². The Bertz CT molecular complexity index is 1020. The van der Waals surface area contributed by atoms with E-state index in [2.05, 4.69) is 15.3 Å². The number of hydrogen-bond donors (Lipinski definition) is 3. The maximum atomic E-state index is 12.8. The number of amides is 1. The number of primary amides is 1. The van der Waals surface area contributed by atoms with Crippen molar-refractivity contribution in [2.24, 2.45) is 11.7 Å². The van der Waals surface area contributed by atoms with Crippen molar-refractivity contribution in [3.63, 3.8) is 0 Å². The lowest BCUT2D eigenvalue weighted by molar-refractivity contribution is -0.170. The van der Waals surface area contributed by atoms with Gasteiger partial charge in [0.1, 0.15) is 37.3 Å². The Labute approximate surface area is 203 Å². The number of carbonyl (C=O) groups is 2. The van der Waals surface area contributed by atoms with Gasteiger partial charge in [-0.15, -0.1) is 5.10 Å². The molecule has 1 amide bonds. The summed E-state index contributed by atoms with van der Waals surface area (Å²) >= 11 is 0. The summed E-state index contributed by atoms with van der Waals surface area (Å²) < 4.78 is 25.4. The number of fused-ring (bicyclic) bond motifs is 1. The van der Waals surface area contributed by atoms with Crippen LogP contribution in [0, 0.1) is 5.92 Å². The standard InChI is InChI=1S/C22H30BN5O7/c1-4-12(2)15(26-23(3)31)21(30)32-10-14-16-17(35-22(34-16)13-8-6-5-7-9-13)20(33-14)28-11-25-19(27-28)18(24)29/h5-9,11-12,14-17,20,22,26,31H,4,10H2,1-3H3,(H2,24,29)/t12-,14+,15-,16?,17+,20+,22?/m0/s1. The molecule has 2 saturated heterocycles. The number of rotatable bonds is 10. The van der Waals surface area contributed by atoms with Crippen molar-refractivity contribution >= 4 is 18.9 Å². The van der Waals surface area contributed by atoms with E-state index in [9.17, 15) is 14.6 Å². The van der Waals surface area contributed by atoms with Crippen LogP contribution in [0.15, 0.2) is 36.7 Å². The second kappa shape index (κ2) is 10.8. The van der Waals surface area contributed by atoms with Gasteiger partial charge in [-0.05, 0) is 12.7 Å². The summed E-state index contributed by atoms with van der Waals surface area (Å²) in [5.41, 5.74) is 6.11. The Morgan fingerprint density at radius 1 is 1.26 bits per heavy atom. The first-order chi connectivity index (χ1) is 16.8. The van der Waals surface area contributed by atoms with Gasteiger partial charge in [-0.3, -0.25) is 9.59 Å². The van der Waals surface area contributed by atoms with E-state index in [1.807, 2.05) is 44.2 Å². The molecular weight excluding hydrogens is 457 g/mol. The number of carbonyl (C=O) groups excluding carboxylic acids is 2. The van der Waals surface area contributed by atoms with E-state index >= 15 is 0 Å². The third kappa shape index (κ3) is 5.54. The predicted octanol–water partition coefficient (Wildman–Crippen LogP) is 0.415. The van der Waals surface area contributed by atoms with E-state index < -0.39 is 55.8 Å². The molecule has 2 aliphatic rings. The van der Waals surface area contributed by atoms with Crippen LogP contribution >= 0.6 is 0 Å². The van der Waals surface area contributed by atoms with Gasteiger partial charge < -0.3 is 34.9 Å². The highest BCUT2D eigenvalue weighted by molar-refractivity contribution is 6.46. The van der Waals surface area contributed by atoms with Crippen molar-refractivity contribution in [2.75, 3.05) is 6.61 Å². The number of aromatic nitrogens is 3. The van der Waals surface area contributed by atoms with Crippen molar-refractivity contribution in [1.29, 1.82) is 0 Å². The molecule has 2 fully saturated rings. The van der Waals surface area contributed by atoms with Crippen molar-refractivity contribution < 1.29 is 33.6 Å². The zero-order chi connectivity index (χ0) is 25.1. The maximum Gasteiger partial charge on any atom is 0.374 e. The van der Waals surface area contributed by atoms with Gasteiger partial charge in [0.2, 0.25) is 5.82 Å². The quantitative estimate of drug-likeness (QED) is 0.316. The lowest BCUT2D eigenvalue weighted by atomic mass is 9.84. The molecule has 2 aliphatic heterocycles. The van der Waals surface area contributed by atoms with Gasteiger partial charge in [-0.1, -0.05) is 50.6 Å². The number of hydrogen-bond acceptors (Lipinski definition) is 10. The molecule has 4 N–H and O–H groups in total. The highest BCUT2D eigenvalue weighted by Crippen LogP contribution is 2.44. The first-order valence-electron chi connectivity index (χ1n) is 11.6. The molecule has 1 aromatic carbocycles. The molecule has 0 bridgehead atoms. The molecule has 188 valence electrons. The molecule has 2 aromatic rings. The van der Waals surface area contributed by atoms with E-state index in [-0.39, 0.29) is 18.3 Å². The van der Waals surface area contributed by atoms with E-state index in [4.69, 9.17) is 24.7 Å². The van der Waals surface area contributed by atoms with Crippen LogP contribution in [-0.2, 0) is 23.7 Å². The topological polar surface area (TPSA) is 160 Å². The first-order valence-corrected chi connectivity index (χ1v) is 11.6. The van der Waals surface area contributed by atoms with Gasteiger partial charge >= 0.3 is 13.0 Å². The number of ether oxygens (including phenoxy) is 4. The molecule has 0 saturated carbocycles. The van der Waals surface area contributed by atoms with Crippen LogP contribution in [0.5, 0.6) is 0 Å². The van der Waals surface area contributed by atoms with E-state index in [1.54, 1.807) is 6.82 Å². The average Bonchev–Trinajstić information content (AvgIpc) is 3.57. The first kappa shape index (κ1) is 25.3. The molecule has 35 heavy (non-hydrogen) atoms. The molecule has 1 aromatic heterocycles. The molecule has 13 heteroatoms. The van der Waals surface area contributed by atoms with E-state index in [0.717, 1.165) is 12.0 Å². The van der Waals surface area contributed by atoms with Gasteiger partial charge in [-0.25, -0.2) is 9.67 Å². The fourth-order valence-corrected chi connectivity index (χ4v) is 4.17. The zero-order valence-corrected chi connectivity index (χ0v) is 19.8. The molecule has 7 atom stereocenters. The Balaban J connectivity index is 1.51. The fraction of sp³-hybridized carbons (Fsp3) is 0.545. The molecule has 0 aliphatic carbocycles. The second-order valence-electron chi connectivity index (χ2n) is 8.76. The molecule has 2 unspecified atom stereocenters. The minimum Gasteiger partial charge on any atom is -0.462 e. The smallest absolute Gasteiger partial charge is 0.374 e. The van der Waals surface area contributed by atoms with Crippen molar-refractivity contribution in [3.8, 4) is 0 Å². The lowest BCUT2D eigenvalue weighted by Gasteiger charge is -2.25. The largest absolute Gasteiger partial charge is 0.462 e. The van der Waals surface area contributed by atoms with Crippen LogP contribution in [-0.4, -0.2) is 69.7 Å². The van der Waals surface area contributed by atoms with Crippen LogP contribution in [0.3, 0.4) is 0 Å². The molecule has 4 rings (SSSR count). The van der Waals surface area contributed by atoms with Gasteiger partial charge in [0.25, 0.3) is 5.91 Å². The summed E-state index contributed by atoms with van der Waals surface area (Å²) in [4.78, 5) is 28.2. The Morgan fingerprint density at radius 3 is 2.60 bits per heavy atom. The van der Waals surface area contributed by atoms with Crippen molar-refractivity contribution in [2.45, 2.75) is 64.0 Å². The van der Waals surface area contributed by atoms with Gasteiger partial charge in [-0.2, -0.15) is 0 Å². The number of nitrogens with one attached hydrogen (secondary N) is 1. The number of nitrogens with zero attached hydrogens (tertiary/aromatic N) is 3. The van der Waals surface area contributed by atoms with Crippen molar-refractivity contribution in [3.05, 3.63) is 48.0 Å². The molecule has 3 heterocycles. The normalized spacial score (nSPS) is 27.3. The molecule has 0 spiro atoms. The summed E-state index contributed by atoms with van der Waals surface area (Å²) in [6, 6.07) is 8.74. The van der Waals surface area contributed by atoms with Gasteiger partial charge in [0, 0.05) is 5.56 Å². The van der Waals surface area contributed by atoms with Crippen molar-refractivity contribution in [1.82, 2.24) is 20.0 Å². The van der Waals surface area contributed by atoms with Crippen LogP contribution in [0.2, 0.25) is 6.82 Å². The highest BCUT2D eigenvalue weighted by Gasteiger charge is 2.54. The Kier molecular flexibility index (Phi) is 7.82. The maximum absolute atomic E-state index is 12.8. The van der Waals surface area contributed by atoms with Gasteiger partial charge in [0.05, 0.1) is 0 Å². The molecular formula is C22H30BN5O7. The minimum absolute atomic E-state index is 0.0574. The van der Waals surface area contributed by atoms with Gasteiger partial charge in [0.15, 0.2) is 12.5 Å². The van der Waals surface area contributed by atoms with E-state index in [1.165, 1.54) is 11.0 Å². The summed E-state index contributed by atoms with van der Waals surface area (Å²) in [7, 11) is -0.872. The summed E-state index contributed by atoms with van der Waals surface area (Å²) in [5, 5.41) is 16.7. The van der Waals surface area contributed by atoms with Crippen LogP contribution in [0.1, 0.15) is 49.0 Å². The van der Waals surface area contributed by atoms with Crippen LogP contribution in [0.25, 0.3) is 0 Å². The molecule has 0 radical (unpaired) electrons. The average molecular weight is 487 g/mol. The molecule has 12 nitrogen and oxygen atoms in total. The monoisotopic (exact) mass is 487 g/mol. The fourth-order valence-electron chi connectivity index (χ4n) is 4.17. The summed E-state index contributed by atoms with van der Waals surface area (Å²) in [6.07, 6.45) is -1.23. The lowest BCUT2D eigenvalue weighted by Crippen LogP contribution is -2.49.